The van der Waals surface area contributed by atoms with E-state index >= 15 is 0 Å². The van der Waals surface area contributed by atoms with Crippen molar-refractivity contribution in [3.05, 3.63) is 72.7 Å². The predicted molar refractivity (Wildman–Crippen MR) is 136 cm³/mol. The molecular formula is C27H31N7. The highest BCUT2D eigenvalue weighted by Crippen LogP contribution is 2.36. The number of rotatable bonds is 6. The largest absolute Gasteiger partial charge is 0.364 e. The van der Waals surface area contributed by atoms with E-state index in [1.165, 1.54) is 12.0 Å². The molecule has 0 spiro atoms. The Morgan fingerprint density at radius 3 is 2.56 bits per heavy atom. The van der Waals surface area contributed by atoms with Gasteiger partial charge in [-0.15, -0.1) is 0 Å². The van der Waals surface area contributed by atoms with Crippen LogP contribution in [0.25, 0.3) is 16.9 Å². The van der Waals surface area contributed by atoms with E-state index in [4.69, 9.17) is 4.98 Å². The maximum atomic E-state index is 5.17. The third kappa shape index (κ3) is 3.70. The quantitative estimate of drug-likeness (QED) is 0.459. The SMILES string of the molecule is CC(C)N1CC2CC1CN2c1nc(-c2ccnc(N[C@H](C)c3ccccc3)c2)cc2nccn12. The van der Waals surface area contributed by atoms with Gasteiger partial charge in [-0.05, 0) is 44.9 Å². The molecule has 7 nitrogen and oxygen atoms in total. The highest BCUT2D eigenvalue weighted by molar-refractivity contribution is 5.68. The second kappa shape index (κ2) is 8.40. The van der Waals surface area contributed by atoms with Crippen LogP contribution in [0.1, 0.15) is 38.8 Å². The third-order valence-corrected chi connectivity index (χ3v) is 7.29. The average Bonchev–Trinajstić information content (AvgIpc) is 3.60. The lowest BCUT2D eigenvalue weighted by Gasteiger charge is -2.37. The Morgan fingerprint density at radius 2 is 1.79 bits per heavy atom. The van der Waals surface area contributed by atoms with E-state index in [0.717, 1.165) is 41.8 Å². The molecular weight excluding hydrogens is 422 g/mol. The zero-order chi connectivity index (χ0) is 23.2. The molecule has 3 atom stereocenters. The Kier molecular flexibility index (Phi) is 5.21. The molecule has 2 saturated heterocycles. The second-order valence-corrected chi connectivity index (χ2v) is 9.79. The Morgan fingerprint density at radius 1 is 0.941 bits per heavy atom. The summed E-state index contributed by atoms with van der Waals surface area (Å²) >= 11 is 0. The summed E-state index contributed by atoms with van der Waals surface area (Å²) in [6.45, 7) is 8.87. The van der Waals surface area contributed by atoms with Crippen LogP contribution < -0.4 is 10.2 Å². The number of anilines is 2. The summed E-state index contributed by atoms with van der Waals surface area (Å²) in [6, 6.07) is 18.5. The minimum atomic E-state index is 0.159. The number of hydrogen-bond acceptors (Lipinski definition) is 6. The number of hydrogen-bond donors (Lipinski definition) is 1. The highest BCUT2D eigenvalue weighted by atomic mass is 15.4. The summed E-state index contributed by atoms with van der Waals surface area (Å²) in [4.78, 5) is 19.5. The maximum Gasteiger partial charge on any atom is 0.212 e. The van der Waals surface area contributed by atoms with Crippen LogP contribution in [0.3, 0.4) is 0 Å². The van der Waals surface area contributed by atoms with Crippen molar-refractivity contribution < 1.29 is 0 Å². The summed E-state index contributed by atoms with van der Waals surface area (Å²) in [6.07, 6.45) is 6.95. The van der Waals surface area contributed by atoms with Gasteiger partial charge in [0.05, 0.1) is 5.69 Å². The smallest absolute Gasteiger partial charge is 0.212 e. The topological polar surface area (TPSA) is 61.6 Å². The molecule has 0 amide bonds. The molecule has 1 aromatic carbocycles. The first-order chi connectivity index (χ1) is 16.6. The molecule has 2 aliphatic heterocycles. The minimum Gasteiger partial charge on any atom is -0.364 e. The van der Waals surface area contributed by atoms with Crippen LogP contribution in [-0.4, -0.2) is 55.5 Å². The summed E-state index contributed by atoms with van der Waals surface area (Å²) < 4.78 is 2.13. The van der Waals surface area contributed by atoms with Crippen LogP contribution in [-0.2, 0) is 0 Å². The van der Waals surface area contributed by atoms with Crippen molar-refractivity contribution in [1.29, 1.82) is 0 Å². The molecule has 4 aromatic rings. The number of piperazine rings is 1. The molecule has 34 heavy (non-hydrogen) atoms. The van der Waals surface area contributed by atoms with E-state index < -0.39 is 0 Å². The van der Waals surface area contributed by atoms with Crippen molar-refractivity contribution in [2.45, 2.75) is 51.4 Å². The summed E-state index contributed by atoms with van der Waals surface area (Å²) in [5, 5.41) is 3.53. The van der Waals surface area contributed by atoms with Crippen molar-refractivity contribution in [3.8, 4) is 11.3 Å². The fraction of sp³-hybridized carbons (Fsp3) is 0.370. The summed E-state index contributed by atoms with van der Waals surface area (Å²) in [7, 11) is 0. The van der Waals surface area contributed by atoms with Gasteiger partial charge in [0, 0.05) is 67.5 Å². The number of fused-ring (bicyclic) bond motifs is 3. The highest BCUT2D eigenvalue weighted by Gasteiger charge is 2.45. The average molecular weight is 454 g/mol. The van der Waals surface area contributed by atoms with Crippen molar-refractivity contribution >= 4 is 17.4 Å². The van der Waals surface area contributed by atoms with Gasteiger partial charge in [0.15, 0.2) is 0 Å². The molecule has 6 rings (SSSR count). The van der Waals surface area contributed by atoms with Crippen molar-refractivity contribution in [2.24, 2.45) is 0 Å². The Bertz CT molecular complexity index is 1300. The van der Waals surface area contributed by atoms with Gasteiger partial charge in [-0.3, -0.25) is 9.30 Å². The number of imidazole rings is 1. The van der Waals surface area contributed by atoms with Crippen LogP contribution in [0.5, 0.6) is 0 Å². The van der Waals surface area contributed by atoms with Crippen LogP contribution in [0.4, 0.5) is 11.8 Å². The second-order valence-electron chi connectivity index (χ2n) is 9.79. The lowest BCUT2D eigenvalue weighted by molar-refractivity contribution is 0.190. The Hall–Kier alpha value is -3.45. The lowest BCUT2D eigenvalue weighted by atomic mass is 10.1. The first kappa shape index (κ1) is 21.1. The molecule has 2 fully saturated rings. The molecule has 5 heterocycles. The third-order valence-electron chi connectivity index (χ3n) is 7.29. The first-order valence-electron chi connectivity index (χ1n) is 12.2. The molecule has 3 aromatic heterocycles. The first-order valence-corrected chi connectivity index (χ1v) is 12.2. The van der Waals surface area contributed by atoms with Gasteiger partial charge in [-0.2, -0.15) is 0 Å². The molecule has 1 N–H and O–H groups in total. The number of nitrogens with zero attached hydrogens (tertiary/aromatic N) is 6. The molecule has 0 radical (unpaired) electrons. The van der Waals surface area contributed by atoms with E-state index in [-0.39, 0.29) is 6.04 Å². The van der Waals surface area contributed by atoms with Crippen molar-refractivity contribution in [1.82, 2.24) is 24.3 Å². The summed E-state index contributed by atoms with van der Waals surface area (Å²) in [5.41, 5.74) is 4.12. The number of benzene rings is 1. The molecule has 174 valence electrons. The van der Waals surface area contributed by atoms with Crippen LogP contribution in [0, 0.1) is 0 Å². The molecule has 2 aliphatic rings. The van der Waals surface area contributed by atoms with Crippen LogP contribution in [0.2, 0.25) is 0 Å². The van der Waals surface area contributed by atoms with Gasteiger partial charge < -0.3 is 10.2 Å². The number of nitrogens with one attached hydrogen (secondary N) is 1. The predicted octanol–water partition coefficient (Wildman–Crippen LogP) is 4.64. The van der Waals surface area contributed by atoms with Gasteiger partial charge in [0.2, 0.25) is 5.95 Å². The minimum absolute atomic E-state index is 0.159. The van der Waals surface area contributed by atoms with Crippen LogP contribution >= 0.6 is 0 Å². The van der Waals surface area contributed by atoms with E-state index in [0.29, 0.717) is 18.1 Å². The number of pyridine rings is 1. The lowest BCUT2D eigenvalue weighted by Crippen LogP contribution is -2.49. The standard InChI is InChI=1S/C27H31N7/c1-18(2)33-16-23-14-22(33)17-34(23)27-31-24(15-26-29-11-12-32(26)27)21-9-10-28-25(13-21)30-19(3)20-7-5-4-6-8-20/h4-13,15,18-19,22-23H,14,16-17H2,1-3H3,(H,28,30)/t19-,22?,23?/m1/s1. The van der Waals surface area contributed by atoms with Crippen LogP contribution in [0.15, 0.2) is 67.1 Å². The fourth-order valence-corrected chi connectivity index (χ4v) is 5.55. The van der Waals surface area contributed by atoms with E-state index in [1.807, 2.05) is 30.7 Å². The fourth-order valence-electron chi connectivity index (χ4n) is 5.55. The van der Waals surface area contributed by atoms with Crippen molar-refractivity contribution in [2.75, 3.05) is 23.3 Å². The van der Waals surface area contributed by atoms with Gasteiger partial charge in [-0.25, -0.2) is 15.0 Å². The molecule has 2 unspecified atom stereocenters. The van der Waals surface area contributed by atoms with Gasteiger partial charge >= 0.3 is 0 Å². The summed E-state index contributed by atoms with van der Waals surface area (Å²) in [5.74, 6) is 1.83. The van der Waals surface area contributed by atoms with E-state index in [1.54, 1.807) is 0 Å². The van der Waals surface area contributed by atoms with Crippen molar-refractivity contribution in [3.63, 3.8) is 0 Å². The molecule has 0 saturated carbocycles. The van der Waals surface area contributed by atoms with Gasteiger partial charge in [-0.1, -0.05) is 30.3 Å². The zero-order valence-corrected chi connectivity index (χ0v) is 20.0. The molecule has 0 aliphatic carbocycles. The molecule has 7 heteroatoms. The monoisotopic (exact) mass is 453 g/mol. The Balaban J connectivity index is 1.31. The van der Waals surface area contributed by atoms with Gasteiger partial charge in [0.25, 0.3) is 0 Å². The van der Waals surface area contributed by atoms with E-state index in [9.17, 15) is 0 Å². The molecule has 2 bridgehead atoms. The number of likely N-dealkylation sites (tertiary alicyclic amines) is 1. The van der Waals surface area contributed by atoms with E-state index in [2.05, 4.69) is 86.7 Å². The van der Waals surface area contributed by atoms with Gasteiger partial charge in [0.1, 0.15) is 11.5 Å². The maximum absolute atomic E-state index is 5.17. The Labute approximate surface area is 200 Å². The number of aromatic nitrogens is 4. The zero-order valence-electron chi connectivity index (χ0n) is 20.0. The normalized spacial score (nSPS) is 21.0.